The molecule has 1 saturated heterocycles. The minimum absolute atomic E-state index is 0.674. The summed E-state index contributed by atoms with van der Waals surface area (Å²) in [7, 11) is 0. The molecule has 1 aliphatic heterocycles. The molecule has 118 valence electrons. The standard InChI is InChI=1S/C18H30N2O/c1-4-11-19-18-10-12-20(14-15(18)3)16-6-8-17(9-7-16)21-13-5-2/h6-9,15,18-19H,4-5,10-14H2,1-3H3. The van der Waals surface area contributed by atoms with E-state index in [1.54, 1.807) is 0 Å². The largest absolute Gasteiger partial charge is 0.494 e. The second kappa shape index (κ2) is 8.28. The van der Waals surface area contributed by atoms with Crippen molar-refractivity contribution < 1.29 is 4.74 Å². The number of anilines is 1. The minimum atomic E-state index is 0.674. The lowest BCUT2D eigenvalue weighted by atomic mass is 9.93. The van der Waals surface area contributed by atoms with Crippen LogP contribution in [0.1, 0.15) is 40.0 Å². The Hall–Kier alpha value is -1.22. The van der Waals surface area contributed by atoms with Crippen LogP contribution in [-0.2, 0) is 0 Å². The molecular formula is C18H30N2O. The van der Waals surface area contributed by atoms with Crippen molar-refractivity contribution >= 4 is 5.69 Å². The van der Waals surface area contributed by atoms with E-state index in [9.17, 15) is 0 Å². The zero-order valence-electron chi connectivity index (χ0n) is 13.8. The van der Waals surface area contributed by atoms with Crippen molar-refractivity contribution in [3.8, 4) is 5.75 Å². The SMILES string of the molecule is CCCNC1CCN(c2ccc(OCCC)cc2)CC1C. The van der Waals surface area contributed by atoms with E-state index in [0.29, 0.717) is 12.0 Å². The minimum Gasteiger partial charge on any atom is -0.494 e. The van der Waals surface area contributed by atoms with Crippen LogP contribution in [0.2, 0.25) is 0 Å². The van der Waals surface area contributed by atoms with Crippen molar-refractivity contribution in [2.75, 3.05) is 31.1 Å². The fraction of sp³-hybridized carbons (Fsp3) is 0.667. The van der Waals surface area contributed by atoms with Gasteiger partial charge < -0.3 is 15.0 Å². The van der Waals surface area contributed by atoms with Crippen molar-refractivity contribution in [3.05, 3.63) is 24.3 Å². The van der Waals surface area contributed by atoms with Gasteiger partial charge in [0.25, 0.3) is 0 Å². The van der Waals surface area contributed by atoms with Crippen molar-refractivity contribution in [1.29, 1.82) is 0 Å². The third kappa shape index (κ3) is 4.63. The van der Waals surface area contributed by atoms with Gasteiger partial charge in [-0.1, -0.05) is 20.8 Å². The van der Waals surface area contributed by atoms with Crippen LogP contribution in [-0.4, -0.2) is 32.3 Å². The van der Waals surface area contributed by atoms with Crippen LogP contribution >= 0.6 is 0 Å². The molecule has 0 aliphatic carbocycles. The molecule has 1 aliphatic rings. The van der Waals surface area contributed by atoms with Gasteiger partial charge in [0.15, 0.2) is 0 Å². The Labute approximate surface area is 129 Å². The van der Waals surface area contributed by atoms with Gasteiger partial charge in [0.2, 0.25) is 0 Å². The van der Waals surface area contributed by atoms with Gasteiger partial charge in [-0.3, -0.25) is 0 Å². The molecule has 1 aromatic rings. The third-order valence-corrected chi connectivity index (χ3v) is 4.24. The molecule has 0 aromatic heterocycles. The van der Waals surface area contributed by atoms with E-state index in [2.05, 4.69) is 55.3 Å². The zero-order valence-corrected chi connectivity index (χ0v) is 13.8. The molecule has 0 radical (unpaired) electrons. The molecule has 2 atom stereocenters. The maximum absolute atomic E-state index is 5.65. The summed E-state index contributed by atoms with van der Waals surface area (Å²) in [5, 5.41) is 3.68. The number of hydrogen-bond donors (Lipinski definition) is 1. The van der Waals surface area contributed by atoms with Gasteiger partial charge in [-0.05, 0) is 56.0 Å². The molecule has 0 amide bonds. The second-order valence-electron chi connectivity index (χ2n) is 6.11. The van der Waals surface area contributed by atoms with E-state index in [1.165, 1.54) is 18.5 Å². The first-order valence-corrected chi connectivity index (χ1v) is 8.45. The van der Waals surface area contributed by atoms with Gasteiger partial charge in [0.05, 0.1) is 6.61 Å². The highest BCUT2D eigenvalue weighted by atomic mass is 16.5. The highest BCUT2D eigenvalue weighted by Crippen LogP contribution is 2.25. The van der Waals surface area contributed by atoms with Gasteiger partial charge in [-0.15, -0.1) is 0 Å². The lowest BCUT2D eigenvalue weighted by Gasteiger charge is -2.38. The predicted octanol–water partition coefficient (Wildman–Crippen LogP) is 3.69. The Kier molecular flexibility index (Phi) is 6.37. The molecule has 1 heterocycles. The maximum atomic E-state index is 5.65. The molecule has 2 rings (SSSR count). The van der Waals surface area contributed by atoms with Crippen LogP contribution in [0.4, 0.5) is 5.69 Å². The highest BCUT2D eigenvalue weighted by Gasteiger charge is 2.25. The highest BCUT2D eigenvalue weighted by molar-refractivity contribution is 5.49. The lowest BCUT2D eigenvalue weighted by molar-refractivity contribution is 0.316. The van der Waals surface area contributed by atoms with Crippen molar-refractivity contribution in [3.63, 3.8) is 0 Å². The summed E-state index contributed by atoms with van der Waals surface area (Å²) in [5.74, 6) is 1.68. The fourth-order valence-electron chi connectivity index (χ4n) is 2.99. The second-order valence-corrected chi connectivity index (χ2v) is 6.11. The number of ether oxygens (including phenoxy) is 1. The Morgan fingerprint density at radius 2 is 1.95 bits per heavy atom. The van der Waals surface area contributed by atoms with E-state index in [4.69, 9.17) is 4.74 Å². The van der Waals surface area contributed by atoms with Crippen LogP contribution in [0.25, 0.3) is 0 Å². The molecule has 1 N–H and O–H groups in total. The summed E-state index contributed by atoms with van der Waals surface area (Å²) in [4.78, 5) is 2.50. The van der Waals surface area contributed by atoms with E-state index in [-0.39, 0.29) is 0 Å². The molecule has 3 heteroatoms. The van der Waals surface area contributed by atoms with Gasteiger partial charge in [0, 0.05) is 24.8 Å². The number of nitrogens with zero attached hydrogens (tertiary/aromatic N) is 1. The molecular weight excluding hydrogens is 260 g/mol. The molecule has 2 unspecified atom stereocenters. The number of nitrogens with one attached hydrogen (secondary N) is 1. The summed E-state index contributed by atoms with van der Waals surface area (Å²) in [5.41, 5.74) is 1.32. The summed E-state index contributed by atoms with van der Waals surface area (Å²) < 4.78 is 5.65. The van der Waals surface area contributed by atoms with Crippen molar-refractivity contribution in [2.45, 2.75) is 46.1 Å². The Morgan fingerprint density at radius 1 is 1.19 bits per heavy atom. The normalized spacial score (nSPS) is 22.3. The Balaban J connectivity index is 1.88. The molecule has 1 aromatic carbocycles. The first kappa shape index (κ1) is 16.2. The molecule has 1 fully saturated rings. The average molecular weight is 290 g/mol. The maximum Gasteiger partial charge on any atom is 0.119 e. The van der Waals surface area contributed by atoms with Crippen LogP contribution in [0.15, 0.2) is 24.3 Å². The zero-order chi connectivity index (χ0) is 15.1. The lowest BCUT2D eigenvalue weighted by Crippen LogP contribution is -2.48. The summed E-state index contributed by atoms with van der Waals surface area (Å²) in [6, 6.07) is 9.25. The van der Waals surface area contributed by atoms with Gasteiger partial charge in [-0.25, -0.2) is 0 Å². The first-order valence-electron chi connectivity index (χ1n) is 8.45. The Bertz CT molecular complexity index is 404. The van der Waals surface area contributed by atoms with Crippen LogP contribution in [0.5, 0.6) is 5.75 Å². The average Bonchev–Trinajstić information content (AvgIpc) is 2.52. The molecule has 0 saturated carbocycles. The van der Waals surface area contributed by atoms with Crippen molar-refractivity contribution in [1.82, 2.24) is 5.32 Å². The van der Waals surface area contributed by atoms with E-state index < -0.39 is 0 Å². The summed E-state index contributed by atoms with van der Waals surface area (Å²) in [6.07, 6.45) is 3.50. The smallest absolute Gasteiger partial charge is 0.119 e. The van der Waals surface area contributed by atoms with Crippen LogP contribution < -0.4 is 15.0 Å². The Morgan fingerprint density at radius 3 is 2.57 bits per heavy atom. The number of benzene rings is 1. The van der Waals surface area contributed by atoms with E-state index in [0.717, 1.165) is 38.4 Å². The fourth-order valence-corrected chi connectivity index (χ4v) is 2.99. The number of piperidine rings is 1. The van der Waals surface area contributed by atoms with Crippen LogP contribution in [0.3, 0.4) is 0 Å². The monoisotopic (exact) mass is 290 g/mol. The van der Waals surface area contributed by atoms with Gasteiger partial charge in [0.1, 0.15) is 5.75 Å². The molecule has 21 heavy (non-hydrogen) atoms. The molecule has 0 spiro atoms. The first-order chi connectivity index (χ1) is 10.2. The molecule has 3 nitrogen and oxygen atoms in total. The van der Waals surface area contributed by atoms with E-state index >= 15 is 0 Å². The molecule has 0 bridgehead atoms. The van der Waals surface area contributed by atoms with Gasteiger partial charge in [-0.2, -0.15) is 0 Å². The third-order valence-electron chi connectivity index (χ3n) is 4.24. The predicted molar refractivity (Wildman–Crippen MR) is 90.3 cm³/mol. The van der Waals surface area contributed by atoms with E-state index in [1.807, 2.05) is 0 Å². The van der Waals surface area contributed by atoms with Crippen LogP contribution in [0, 0.1) is 5.92 Å². The number of rotatable bonds is 7. The quantitative estimate of drug-likeness (QED) is 0.829. The number of hydrogen-bond acceptors (Lipinski definition) is 3. The van der Waals surface area contributed by atoms with Crippen molar-refractivity contribution in [2.24, 2.45) is 5.92 Å². The summed E-state index contributed by atoms with van der Waals surface area (Å²) >= 11 is 0. The van der Waals surface area contributed by atoms with Gasteiger partial charge >= 0.3 is 0 Å². The summed E-state index contributed by atoms with van der Waals surface area (Å²) in [6.45, 7) is 10.9. The topological polar surface area (TPSA) is 24.5 Å².